The number of hydrogen-bond acceptors (Lipinski definition) is 5. The Kier molecular flexibility index (Phi) is 19.4. The summed E-state index contributed by atoms with van der Waals surface area (Å²) in [5.41, 5.74) is 30.2. The van der Waals surface area contributed by atoms with E-state index in [9.17, 15) is 0 Å². The second-order valence-electron chi connectivity index (χ2n) is 33.1. The molecule has 8 heterocycles. The van der Waals surface area contributed by atoms with Crippen LogP contribution in [0.3, 0.4) is 0 Å². The average Bonchev–Trinajstić information content (AvgIpc) is 1.41. The highest BCUT2D eigenvalue weighted by molar-refractivity contribution is 6.29. The summed E-state index contributed by atoms with van der Waals surface area (Å²) in [4.78, 5) is 16.6. The van der Waals surface area contributed by atoms with Crippen molar-refractivity contribution in [3.05, 3.63) is 479 Å². The van der Waals surface area contributed by atoms with Crippen LogP contribution in [0, 0.1) is 5.41 Å². The van der Waals surface area contributed by atoms with Crippen molar-refractivity contribution in [1.29, 1.82) is 5.41 Å². The van der Waals surface area contributed by atoms with Crippen molar-refractivity contribution >= 4 is 149 Å². The van der Waals surface area contributed by atoms with Crippen LogP contribution >= 0.6 is 0 Å². The van der Waals surface area contributed by atoms with Gasteiger partial charge in [-0.2, -0.15) is 0 Å². The molecule has 0 bridgehead atoms. The molecule has 0 saturated carbocycles. The van der Waals surface area contributed by atoms with Crippen molar-refractivity contribution in [3.63, 3.8) is 0 Å². The van der Waals surface area contributed by atoms with Gasteiger partial charge in [-0.1, -0.05) is 357 Å². The molecule has 0 radical (unpaired) electrons. The van der Waals surface area contributed by atoms with E-state index in [4.69, 9.17) is 25.5 Å². The molecule has 0 aliphatic carbocycles. The molecule has 620 valence electrons. The molecular formula is C120H81N12+. The zero-order chi connectivity index (χ0) is 87.5. The van der Waals surface area contributed by atoms with E-state index in [0.717, 1.165) is 100 Å². The Morgan fingerprint density at radius 3 is 1.10 bits per heavy atom. The highest BCUT2D eigenvalue weighted by Gasteiger charge is 2.28. The summed E-state index contributed by atoms with van der Waals surface area (Å²) in [6.07, 6.45) is 12.9. The van der Waals surface area contributed by atoms with Crippen molar-refractivity contribution in [3.8, 4) is 78.6 Å². The Balaban J connectivity index is 0.000000110. The third-order valence-electron chi connectivity index (χ3n) is 25.7. The van der Waals surface area contributed by atoms with E-state index in [1.54, 1.807) is 6.20 Å². The largest absolute Gasteiger partial charge is 0.309 e. The van der Waals surface area contributed by atoms with Gasteiger partial charge in [0, 0.05) is 139 Å². The minimum Gasteiger partial charge on any atom is -0.309 e. The Labute approximate surface area is 759 Å². The second kappa shape index (κ2) is 33.1. The molecule has 132 heavy (non-hydrogen) atoms. The summed E-state index contributed by atoms with van der Waals surface area (Å²) in [6.45, 7) is 0. The predicted molar refractivity (Wildman–Crippen MR) is 548 cm³/mol. The molecule has 0 amide bonds. The highest BCUT2D eigenvalue weighted by atomic mass is 15.6. The fourth-order valence-electron chi connectivity index (χ4n) is 19.7. The lowest BCUT2D eigenvalue weighted by atomic mass is 10.0. The lowest BCUT2D eigenvalue weighted by Crippen LogP contribution is -2.44. The van der Waals surface area contributed by atoms with Gasteiger partial charge in [-0.15, -0.1) is 0 Å². The maximum atomic E-state index is 8.20. The molecule has 0 unspecified atom stereocenters. The Morgan fingerprint density at radius 1 is 0.250 bits per heavy atom. The molecule has 0 atom stereocenters. The number of aliphatic imine (C=N–C) groups is 1. The van der Waals surface area contributed by atoms with Gasteiger partial charge < -0.3 is 19.1 Å². The van der Waals surface area contributed by atoms with Gasteiger partial charge in [0.1, 0.15) is 17.2 Å². The van der Waals surface area contributed by atoms with Crippen LogP contribution in [-0.2, 0) is 0 Å². The van der Waals surface area contributed by atoms with Gasteiger partial charge in [0.2, 0.25) is 12.1 Å². The highest BCUT2D eigenvalue weighted by Crippen LogP contribution is 2.46. The SMILES string of the molecule is N=C/C(=C\N=Cn1c2ccccc2c2ccc3c(c4ccccc4n3-c3ccc(-c4ccccc4)cc3)c21)c1ccc(-c2ccccc2)cc1.c1ccc(-c2cc[n+](-n3c4ccccc4c4ccc5c6ccccc6n(-c6ccccc6)c5c43)nc2)cc1.c1ccc(-c2ccc(-n3c4ccccc4c4ccc5c(c6ccccc6n5-c5ncc(-c6ccccc6)cn5)c43)cc2)cc1. The first kappa shape index (κ1) is 77.6. The topological polar surface area (TPSA) is 108 Å². The Hall–Kier alpha value is -18.0. The molecule has 26 aromatic rings. The summed E-state index contributed by atoms with van der Waals surface area (Å²) in [6, 6.07) is 156. The van der Waals surface area contributed by atoms with E-state index in [-0.39, 0.29) is 0 Å². The van der Waals surface area contributed by atoms with Gasteiger partial charge in [-0.25, -0.2) is 15.0 Å². The molecule has 8 aromatic heterocycles. The van der Waals surface area contributed by atoms with Gasteiger partial charge in [0.25, 0.3) is 0 Å². The molecule has 26 rings (SSSR count). The van der Waals surface area contributed by atoms with Crippen LogP contribution in [0.15, 0.2) is 479 Å². The molecular weight excluding hydrogens is 1610 g/mol. The first-order valence-corrected chi connectivity index (χ1v) is 44.5. The normalized spacial score (nSPS) is 11.8. The summed E-state index contributed by atoms with van der Waals surface area (Å²) in [7, 11) is 0. The summed E-state index contributed by atoms with van der Waals surface area (Å²) in [5.74, 6) is 0.658. The lowest BCUT2D eigenvalue weighted by Gasteiger charge is -2.11. The number of nitrogens with one attached hydrogen (secondary N) is 1. The van der Waals surface area contributed by atoms with Crippen molar-refractivity contribution < 1.29 is 4.79 Å². The van der Waals surface area contributed by atoms with Crippen molar-refractivity contribution in [2.45, 2.75) is 0 Å². The Bertz CT molecular complexity index is 8940. The minimum absolute atomic E-state index is 0.658. The van der Waals surface area contributed by atoms with Gasteiger partial charge in [0.05, 0.1) is 61.5 Å². The molecule has 12 heteroatoms. The smallest absolute Gasteiger partial charge is 0.234 e. The van der Waals surface area contributed by atoms with Crippen LogP contribution in [0.1, 0.15) is 5.56 Å². The van der Waals surface area contributed by atoms with Crippen LogP contribution in [0.25, 0.3) is 215 Å². The number of aromatic nitrogens is 10. The zero-order valence-electron chi connectivity index (χ0n) is 71.6. The lowest BCUT2D eigenvalue weighted by molar-refractivity contribution is -0.776. The zero-order valence-corrected chi connectivity index (χ0v) is 71.6. The van der Waals surface area contributed by atoms with E-state index < -0.39 is 0 Å². The van der Waals surface area contributed by atoms with E-state index in [2.05, 4.69) is 434 Å². The first-order chi connectivity index (χ1) is 65.5. The average molecular weight is 1690 g/mol. The maximum Gasteiger partial charge on any atom is 0.234 e. The van der Waals surface area contributed by atoms with Gasteiger partial charge in [-0.05, 0) is 135 Å². The first-order valence-electron chi connectivity index (χ1n) is 44.5. The molecule has 0 aliphatic rings. The summed E-state index contributed by atoms with van der Waals surface area (Å²) < 4.78 is 13.8. The third kappa shape index (κ3) is 13.4. The predicted octanol–water partition coefficient (Wildman–Crippen LogP) is 29.3. The summed E-state index contributed by atoms with van der Waals surface area (Å²) >= 11 is 0. The number of benzene rings is 18. The summed E-state index contributed by atoms with van der Waals surface area (Å²) in [5, 5.41) is 27.5. The van der Waals surface area contributed by atoms with Gasteiger partial charge in [-0.3, -0.25) is 9.13 Å². The Morgan fingerprint density at radius 2 is 0.598 bits per heavy atom. The van der Waals surface area contributed by atoms with E-state index in [1.807, 2.05) is 72.2 Å². The van der Waals surface area contributed by atoms with Crippen molar-refractivity contribution in [1.82, 2.24) is 42.6 Å². The van der Waals surface area contributed by atoms with E-state index in [0.29, 0.717) is 5.95 Å². The van der Waals surface area contributed by atoms with Crippen LogP contribution in [0.5, 0.6) is 0 Å². The second-order valence-corrected chi connectivity index (χ2v) is 33.1. The molecule has 0 spiro atoms. The standard InChI is InChI=1S/C46H32N4.C40H26N4.C34H23N4/c47-29-37(36-21-19-34(20-22-36)32-11-3-1-4-12-32)30-48-31-49-42-17-9-7-15-39(42)40-27-28-44-45(46(40)49)41-16-8-10-18-43(41)50(44)38-25-23-35(24-26-38)33-13-5-2-6-14-33;1-3-11-27(12-4-1)29-19-21-31(22-20-29)43-35-17-9-7-15-32(35)33-23-24-37-38(39(33)43)34-16-8-10-18-36(34)44(37)40-41-25-30(26-42-40)28-13-5-2-6-14-28;1-3-11-24(12-4-1)25-21-22-36(35-23-25)38-32-18-10-8-16-28(32)30-20-19-29-27-15-7-9-17-31(27)37(33(29)34(30)38)26-13-5-2-6-14-26/h1-31,47H;1-26H;1-23H/q;;+1/b37-30+,47-29?,48-31?;;. The number of para-hydroxylation sites is 7. The third-order valence-corrected chi connectivity index (χ3v) is 25.7. The van der Waals surface area contributed by atoms with E-state index >= 15 is 0 Å². The number of fused-ring (bicyclic) bond motifs is 21. The molecule has 0 fully saturated rings. The molecule has 0 saturated heterocycles. The quantitative estimate of drug-likeness (QED) is 0.0665. The van der Waals surface area contributed by atoms with Crippen molar-refractivity contribution in [2.24, 2.45) is 4.99 Å². The van der Waals surface area contributed by atoms with Gasteiger partial charge >= 0.3 is 0 Å². The van der Waals surface area contributed by atoms with E-state index in [1.165, 1.54) is 121 Å². The number of rotatable bonds is 14. The molecule has 1 N–H and O–H groups in total. The van der Waals surface area contributed by atoms with Crippen LogP contribution in [0.2, 0.25) is 0 Å². The molecule has 12 nitrogen and oxygen atoms in total. The number of nitrogens with zero attached hydrogens (tertiary/aromatic N) is 11. The van der Waals surface area contributed by atoms with Crippen LogP contribution < -0.4 is 4.79 Å². The fourth-order valence-corrected chi connectivity index (χ4v) is 19.7. The van der Waals surface area contributed by atoms with Crippen LogP contribution in [0.4, 0.5) is 0 Å². The fraction of sp³-hybridized carbons (Fsp3) is 0. The van der Waals surface area contributed by atoms with Gasteiger partial charge in [0.15, 0.2) is 0 Å². The number of hydrogen-bond donors (Lipinski definition) is 1. The number of allylic oxidation sites excluding steroid dienone is 1. The maximum absolute atomic E-state index is 8.20. The minimum atomic E-state index is 0.658. The van der Waals surface area contributed by atoms with Crippen LogP contribution in [-0.4, -0.2) is 55.1 Å². The monoisotopic (exact) mass is 1690 g/mol. The molecule has 0 aliphatic heterocycles. The van der Waals surface area contributed by atoms with Crippen molar-refractivity contribution in [2.75, 3.05) is 0 Å². The molecule has 18 aromatic carbocycles.